The lowest BCUT2D eigenvalue weighted by Crippen LogP contribution is -2.00. The number of H-pyrrole nitrogens is 3. The quantitative estimate of drug-likeness (QED) is 0.292. The normalized spacial score (nSPS) is 12.4. The molecule has 0 saturated carbocycles. The van der Waals surface area contributed by atoms with Gasteiger partial charge < -0.3 is 9.97 Å². The van der Waals surface area contributed by atoms with Gasteiger partial charge in [0.2, 0.25) is 0 Å². The standard InChI is InChI=1S/C26H28N10/c1-11(2)20-15-9-27-35-16(15)8-18(30-20)25-32-23-22(13(5)6)31-24(33-26(23)34-25)17-7-14-19(29-17)10-28-36-21(14)12(3)4/h7-13,29H,1-6H3,(H,27,35)(H,31,32,33,34). The summed E-state index contributed by atoms with van der Waals surface area (Å²) in [5, 5.41) is 17.8. The van der Waals surface area contributed by atoms with Crippen LogP contribution in [0, 0.1) is 0 Å². The lowest BCUT2D eigenvalue weighted by atomic mass is 10.1. The van der Waals surface area contributed by atoms with E-state index in [1.165, 1.54) is 0 Å². The van der Waals surface area contributed by atoms with Crippen LogP contribution in [0.1, 0.15) is 76.4 Å². The molecule has 0 atom stereocenters. The van der Waals surface area contributed by atoms with Crippen molar-refractivity contribution >= 4 is 33.0 Å². The van der Waals surface area contributed by atoms with Crippen molar-refractivity contribution in [2.45, 2.75) is 59.3 Å². The van der Waals surface area contributed by atoms with E-state index in [1.54, 1.807) is 6.20 Å². The Morgan fingerprint density at radius 2 is 1.47 bits per heavy atom. The van der Waals surface area contributed by atoms with Gasteiger partial charge in [0.15, 0.2) is 17.3 Å². The molecule has 0 fully saturated rings. The van der Waals surface area contributed by atoms with E-state index in [-0.39, 0.29) is 17.8 Å². The number of aromatic nitrogens is 10. The molecule has 0 aliphatic carbocycles. The summed E-state index contributed by atoms with van der Waals surface area (Å²) in [6.45, 7) is 12.7. The van der Waals surface area contributed by atoms with Crippen molar-refractivity contribution in [1.82, 2.24) is 50.3 Å². The highest BCUT2D eigenvalue weighted by atomic mass is 15.1. The molecule has 10 heteroatoms. The topological polar surface area (TPSA) is 138 Å². The molecule has 6 heterocycles. The number of aromatic amines is 3. The van der Waals surface area contributed by atoms with Crippen molar-refractivity contribution in [1.29, 1.82) is 0 Å². The molecule has 6 aromatic heterocycles. The second-order valence-electron chi connectivity index (χ2n) is 10.1. The summed E-state index contributed by atoms with van der Waals surface area (Å²) in [6.07, 6.45) is 3.56. The fraction of sp³-hybridized carbons (Fsp3) is 0.346. The zero-order valence-electron chi connectivity index (χ0n) is 21.2. The maximum atomic E-state index is 4.93. The van der Waals surface area contributed by atoms with E-state index >= 15 is 0 Å². The zero-order valence-corrected chi connectivity index (χ0v) is 21.2. The summed E-state index contributed by atoms with van der Waals surface area (Å²) >= 11 is 0. The van der Waals surface area contributed by atoms with Gasteiger partial charge in [-0.25, -0.2) is 19.9 Å². The SMILES string of the molecule is CC(C)c1nc(-c2nc3c(C(C)C)nc(-c4cc5c(C(C)C)nncc5[nH]4)nc3[nH]2)cc2[nH]ncc12. The van der Waals surface area contributed by atoms with Gasteiger partial charge in [-0.2, -0.15) is 15.3 Å². The fourth-order valence-corrected chi connectivity index (χ4v) is 4.63. The third-order valence-corrected chi connectivity index (χ3v) is 6.44. The summed E-state index contributed by atoms with van der Waals surface area (Å²) in [7, 11) is 0. The van der Waals surface area contributed by atoms with Crippen molar-refractivity contribution in [3.05, 3.63) is 41.6 Å². The number of nitrogens with one attached hydrogen (secondary N) is 3. The largest absolute Gasteiger partial charge is 0.351 e. The Morgan fingerprint density at radius 3 is 2.22 bits per heavy atom. The van der Waals surface area contributed by atoms with Crippen LogP contribution < -0.4 is 0 Å². The van der Waals surface area contributed by atoms with Gasteiger partial charge in [-0.3, -0.25) is 5.10 Å². The van der Waals surface area contributed by atoms with E-state index in [9.17, 15) is 0 Å². The number of rotatable bonds is 5. The van der Waals surface area contributed by atoms with Crippen LogP contribution in [0.25, 0.3) is 56.0 Å². The van der Waals surface area contributed by atoms with Crippen LogP contribution in [0.15, 0.2) is 24.5 Å². The average molecular weight is 481 g/mol. The second-order valence-corrected chi connectivity index (χ2v) is 10.1. The Labute approximate surface area is 207 Å². The van der Waals surface area contributed by atoms with Crippen molar-refractivity contribution in [3.63, 3.8) is 0 Å². The van der Waals surface area contributed by atoms with E-state index in [0.29, 0.717) is 17.3 Å². The van der Waals surface area contributed by atoms with Crippen molar-refractivity contribution in [2.75, 3.05) is 0 Å². The minimum atomic E-state index is 0.151. The Balaban J connectivity index is 1.53. The monoisotopic (exact) mass is 480 g/mol. The summed E-state index contributed by atoms with van der Waals surface area (Å²) in [4.78, 5) is 26.5. The van der Waals surface area contributed by atoms with Crippen LogP contribution in [0.3, 0.4) is 0 Å². The molecule has 6 aromatic rings. The number of pyridine rings is 1. The zero-order chi connectivity index (χ0) is 25.1. The molecule has 0 radical (unpaired) electrons. The predicted octanol–water partition coefficient (Wildman–Crippen LogP) is 5.60. The maximum absolute atomic E-state index is 4.93. The molecule has 36 heavy (non-hydrogen) atoms. The van der Waals surface area contributed by atoms with Crippen LogP contribution in [0.4, 0.5) is 0 Å². The molecule has 0 spiro atoms. The van der Waals surface area contributed by atoms with Gasteiger partial charge in [0.05, 0.1) is 46.2 Å². The Morgan fingerprint density at radius 1 is 0.694 bits per heavy atom. The lowest BCUT2D eigenvalue weighted by molar-refractivity contribution is 0.799. The van der Waals surface area contributed by atoms with Gasteiger partial charge in [0, 0.05) is 10.8 Å². The third kappa shape index (κ3) is 3.52. The molecule has 6 rings (SSSR count). The smallest absolute Gasteiger partial charge is 0.178 e. The van der Waals surface area contributed by atoms with Crippen LogP contribution in [-0.4, -0.2) is 50.3 Å². The lowest BCUT2D eigenvalue weighted by Gasteiger charge is -2.07. The molecule has 3 N–H and O–H groups in total. The minimum absolute atomic E-state index is 0.151. The number of hydrogen-bond acceptors (Lipinski definition) is 7. The molecule has 182 valence electrons. The van der Waals surface area contributed by atoms with Crippen LogP contribution in [0.2, 0.25) is 0 Å². The highest BCUT2D eigenvalue weighted by Gasteiger charge is 2.21. The van der Waals surface area contributed by atoms with E-state index in [1.807, 2.05) is 12.3 Å². The Kier molecular flexibility index (Phi) is 5.06. The summed E-state index contributed by atoms with van der Waals surface area (Å²) in [6, 6.07) is 4.03. The first-order valence-corrected chi connectivity index (χ1v) is 12.3. The molecule has 0 aliphatic rings. The summed E-state index contributed by atoms with van der Waals surface area (Å²) in [5.74, 6) is 1.91. The fourth-order valence-electron chi connectivity index (χ4n) is 4.63. The number of imidazole rings is 1. The number of nitrogens with zero attached hydrogens (tertiary/aromatic N) is 7. The van der Waals surface area contributed by atoms with Crippen molar-refractivity contribution in [2.24, 2.45) is 0 Å². The van der Waals surface area contributed by atoms with Crippen LogP contribution in [-0.2, 0) is 0 Å². The highest BCUT2D eigenvalue weighted by molar-refractivity contribution is 5.88. The van der Waals surface area contributed by atoms with E-state index in [2.05, 4.69) is 78.0 Å². The van der Waals surface area contributed by atoms with Gasteiger partial charge in [0.1, 0.15) is 11.2 Å². The van der Waals surface area contributed by atoms with Gasteiger partial charge >= 0.3 is 0 Å². The molecule has 0 unspecified atom stereocenters. The van der Waals surface area contributed by atoms with E-state index in [4.69, 9.17) is 19.9 Å². The third-order valence-electron chi connectivity index (χ3n) is 6.44. The first kappa shape index (κ1) is 22.3. The van der Waals surface area contributed by atoms with Crippen molar-refractivity contribution < 1.29 is 0 Å². The first-order chi connectivity index (χ1) is 17.3. The van der Waals surface area contributed by atoms with Gasteiger partial charge in [-0.15, -0.1) is 0 Å². The first-order valence-electron chi connectivity index (χ1n) is 12.3. The molecular weight excluding hydrogens is 452 g/mol. The predicted molar refractivity (Wildman–Crippen MR) is 140 cm³/mol. The van der Waals surface area contributed by atoms with Gasteiger partial charge in [0.25, 0.3) is 0 Å². The summed E-state index contributed by atoms with van der Waals surface area (Å²) < 4.78 is 0. The molecule has 0 aromatic carbocycles. The van der Waals surface area contributed by atoms with Crippen molar-refractivity contribution in [3.8, 4) is 23.0 Å². The summed E-state index contributed by atoms with van der Waals surface area (Å²) in [5.41, 5.74) is 7.65. The van der Waals surface area contributed by atoms with E-state index in [0.717, 1.165) is 55.8 Å². The minimum Gasteiger partial charge on any atom is -0.351 e. The average Bonchev–Trinajstić information content (AvgIpc) is 3.59. The number of fused-ring (bicyclic) bond motifs is 3. The Bertz CT molecular complexity index is 1730. The van der Waals surface area contributed by atoms with Crippen LogP contribution >= 0.6 is 0 Å². The van der Waals surface area contributed by atoms with Gasteiger partial charge in [-0.1, -0.05) is 41.5 Å². The number of hydrogen-bond donors (Lipinski definition) is 3. The van der Waals surface area contributed by atoms with Gasteiger partial charge in [-0.05, 0) is 29.9 Å². The second kappa shape index (κ2) is 8.18. The molecule has 0 amide bonds. The molecule has 10 nitrogen and oxygen atoms in total. The Hall–Kier alpha value is -4.21. The molecule has 0 bridgehead atoms. The molecular formula is C26H28N10. The van der Waals surface area contributed by atoms with E-state index < -0.39 is 0 Å². The highest BCUT2D eigenvalue weighted by Crippen LogP contribution is 2.32. The molecule has 0 saturated heterocycles. The maximum Gasteiger partial charge on any atom is 0.178 e. The molecule has 0 aliphatic heterocycles. The van der Waals surface area contributed by atoms with Crippen LogP contribution in [0.5, 0.6) is 0 Å².